The summed E-state index contributed by atoms with van der Waals surface area (Å²) in [6.07, 6.45) is 0.988. The number of hydrogen-bond acceptors (Lipinski definition) is 4. The number of hydrogen-bond donors (Lipinski definition) is 4. The summed E-state index contributed by atoms with van der Waals surface area (Å²) in [5.41, 5.74) is 10.9. The molecule has 0 saturated heterocycles. The van der Waals surface area contributed by atoms with Gasteiger partial charge in [-0.3, -0.25) is 14.8 Å². The molecule has 0 heterocycles. The number of amides is 2. The molecular formula is C19H23N3O3. The molecular weight excluding hydrogens is 318 g/mol. The van der Waals surface area contributed by atoms with Crippen LogP contribution in [-0.4, -0.2) is 29.1 Å². The highest BCUT2D eigenvalue weighted by atomic mass is 16.5. The molecule has 0 fully saturated rings. The molecule has 0 spiro atoms. The number of nitrogens with one attached hydrogen (secondary N) is 2. The fourth-order valence-electron chi connectivity index (χ4n) is 2.48. The van der Waals surface area contributed by atoms with E-state index in [-0.39, 0.29) is 0 Å². The maximum atomic E-state index is 12.3. The lowest BCUT2D eigenvalue weighted by molar-refractivity contribution is -0.131. The molecule has 5 N–H and O–H groups in total. The predicted octanol–water partition coefficient (Wildman–Crippen LogP) is 1.87. The summed E-state index contributed by atoms with van der Waals surface area (Å²) in [4.78, 5) is 23.8. The van der Waals surface area contributed by atoms with Gasteiger partial charge in [0.25, 0.3) is 11.8 Å². The second-order valence-corrected chi connectivity index (χ2v) is 5.91. The van der Waals surface area contributed by atoms with Crippen LogP contribution in [0.15, 0.2) is 48.5 Å². The van der Waals surface area contributed by atoms with Crippen LogP contribution < -0.4 is 16.5 Å². The smallest absolute Gasteiger partial charge is 0.267 e. The van der Waals surface area contributed by atoms with Gasteiger partial charge in [0.15, 0.2) is 0 Å². The van der Waals surface area contributed by atoms with Gasteiger partial charge in [0, 0.05) is 11.6 Å². The normalized spacial score (nSPS) is 13.0. The molecule has 2 amide bonds. The average Bonchev–Trinajstić information content (AvgIpc) is 2.65. The van der Waals surface area contributed by atoms with E-state index in [1.807, 2.05) is 24.3 Å². The largest absolute Gasteiger partial charge is 0.339 e. The van der Waals surface area contributed by atoms with Crippen LogP contribution in [0.25, 0.3) is 11.1 Å². The van der Waals surface area contributed by atoms with E-state index in [4.69, 9.17) is 10.9 Å². The minimum Gasteiger partial charge on any atom is -0.339 e. The molecule has 0 aromatic heterocycles. The van der Waals surface area contributed by atoms with Crippen LogP contribution in [0.2, 0.25) is 0 Å². The van der Waals surface area contributed by atoms with E-state index >= 15 is 0 Å². The highest BCUT2D eigenvalue weighted by molar-refractivity contribution is 5.98. The van der Waals surface area contributed by atoms with Crippen LogP contribution in [0.5, 0.6) is 0 Å². The molecule has 0 aliphatic carbocycles. The fraction of sp³-hybridized carbons (Fsp3) is 0.263. The highest BCUT2D eigenvalue weighted by Crippen LogP contribution is 2.20. The SMILES string of the molecule is CCc1ccc(-c2ccc(C(=O)NC(C(=O)NO)C(C)N)cc2)cc1. The van der Waals surface area contributed by atoms with Crippen LogP contribution in [0.1, 0.15) is 29.8 Å². The molecule has 6 heteroatoms. The van der Waals surface area contributed by atoms with E-state index in [1.54, 1.807) is 19.1 Å². The van der Waals surface area contributed by atoms with E-state index < -0.39 is 23.9 Å². The van der Waals surface area contributed by atoms with E-state index in [0.717, 1.165) is 17.5 Å². The van der Waals surface area contributed by atoms with E-state index in [1.165, 1.54) is 11.0 Å². The molecule has 6 nitrogen and oxygen atoms in total. The number of carbonyl (C=O) groups is 2. The lowest BCUT2D eigenvalue weighted by Crippen LogP contribution is -2.54. The maximum Gasteiger partial charge on any atom is 0.267 e. The second kappa shape index (κ2) is 8.41. The van der Waals surface area contributed by atoms with Gasteiger partial charge in [-0.2, -0.15) is 0 Å². The van der Waals surface area contributed by atoms with Crippen molar-refractivity contribution in [1.29, 1.82) is 0 Å². The number of nitrogens with two attached hydrogens (primary N) is 1. The minimum absolute atomic E-state index is 0.408. The van der Waals surface area contributed by atoms with Crippen molar-refractivity contribution in [2.45, 2.75) is 32.4 Å². The monoisotopic (exact) mass is 341 g/mol. The summed E-state index contributed by atoms with van der Waals surface area (Å²) < 4.78 is 0. The van der Waals surface area contributed by atoms with Crippen molar-refractivity contribution in [3.05, 3.63) is 59.7 Å². The molecule has 2 atom stereocenters. The molecule has 132 valence electrons. The Bertz CT molecular complexity index is 725. The third-order valence-electron chi connectivity index (χ3n) is 4.05. The summed E-state index contributed by atoms with van der Waals surface area (Å²) in [5, 5.41) is 11.3. The topological polar surface area (TPSA) is 104 Å². The Hall–Kier alpha value is -2.70. The molecule has 0 aliphatic rings. The third kappa shape index (κ3) is 4.65. The van der Waals surface area contributed by atoms with Crippen molar-refractivity contribution >= 4 is 11.8 Å². The Morgan fingerprint density at radius 2 is 1.56 bits per heavy atom. The Morgan fingerprint density at radius 1 is 1.04 bits per heavy atom. The molecule has 0 aliphatic heterocycles. The number of carbonyl (C=O) groups excluding carboxylic acids is 2. The van der Waals surface area contributed by atoms with Gasteiger partial charge in [0.2, 0.25) is 0 Å². The van der Waals surface area contributed by atoms with Gasteiger partial charge in [-0.05, 0) is 42.2 Å². The van der Waals surface area contributed by atoms with Crippen molar-refractivity contribution in [1.82, 2.24) is 10.8 Å². The summed E-state index contributed by atoms with van der Waals surface area (Å²) in [5.74, 6) is -1.19. The Morgan fingerprint density at radius 3 is 2.00 bits per heavy atom. The average molecular weight is 341 g/mol. The van der Waals surface area contributed by atoms with Gasteiger partial charge < -0.3 is 11.1 Å². The van der Waals surface area contributed by atoms with Crippen LogP contribution in [0.4, 0.5) is 0 Å². The number of aryl methyl sites for hydroxylation is 1. The van der Waals surface area contributed by atoms with Crippen LogP contribution in [-0.2, 0) is 11.2 Å². The number of benzene rings is 2. The van der Waals surface area contributed by atoms with Crippen molar-refractivity contribution in [2.75, 3.05) is 0 Å². The zero-order chi connectivity index (χ0) is 18.4. The molecule has 0 saturated carbocycles. The van der Waals surface area contributed by atoms with Crippen molar-refractivity contribution in [2.24, 2.45) is 5.73 Å². The Labute approximate surface area is 147 Å². The molecule has 2 aromatic rings. The van der Waals surface area contributed by atoms with Gasteiger partial charge in [-0.1, -0.05) is 43.3 Å². The van der Waals surface area contributed by atoms with E-state index in [9.17, 15) is 9.59 Å². The highest BCUT2D eigenvalue weighted by Gasteiger charge is 2.24. The van der Waals surface area contributed by atoms with Crippen LogP contribution >= 0.6 is 0 Å². The van der Waals surface area contributed by atoms with Gasteiger partial charge >= 0.3 is 0 Å². The number of rotatable bonds is 6. The molecule has 0 radical (unpaired) electrons. The van der Waals surface area contributed by atoms with Crippen LogP contribution in [0, 0.1) is 0 Å². The minimum atomic E-state index is -1.02. The lowest BCUT2D eigenvalue weighted by atomic mass is 10.0. The summed E-state index contributed by atoms with van der Waals surface area (Å²) in [6, 6.07) is 13.7. The maximum absolute atomic E-state index is 12.3. The van der Waals surface area contributed by atoms with Crippen molar-refractivity contribution < 1.29 is 14.8 Å². The van der Waals surface area contributed by atoms with Gasteiger partial charge in [-0.25, -0.2) is 5.48 Å². The van der Waals surface area contributed by atoms with Gasteiger partial charge in [0.1, 0.15) is 6.04 Å². The van der Waals surface area contributed by atoms with E-state index in [0.29, 0.717) is 5.56 Å². The molecule has 25 heavy (non-hydrogen) atoms. The Balaban J connectivity index is 2.12. The van der Waals surface area contributed by atoms with Crippen molar-refractivity contribution in [3.8, 4) is 11.1 Å². The molecule has 2 rings (SSSR count). The molecule has 0 bridgehead atoms. The standard InChI is InChI=1S/C19H23N3O3/c1-3-13-4-6-14(7-5-13)15-8-10-16(11-9-15)18(23)21-17(12(2)20)19(24)22-25/h4-12,17,25H,3,20H2,1-2H3,(H,21,23)(H,22,24). The fourth-order valence-corrected chi connectivity index (χ4v) is 2.48. The van der Waals surface area contributed by atoms with E-state index in [2.05, 4.69) is 24.4 Å². The third-order valence-corrected chi connectivity index (χ3v) is 4.05. The van der Waals surface area contributed by atoms with Crippen LogP contribution in [0.3, 0.4) is 0 Å². The van der Waals surface area contributed by atoms with Gasteiger partial charge in [0.05, 0.1) is 0 Å². The second-order valence-electron chi connectivity index (χ2n) is 5.91. The molecule has 2 aromatic carbocycles. The first kappa shape index (κ1) is 18.6. The molecule has 2 unspecified atom stereocenters. The van der Waals surface area contributed by atoms with Crippen molar-refractivity contribution in [3.63, 3.8) is 0 Å². The zero-order valence-electron chi connectivity index (χ0n) is 14.3. The summed E-state index contributed by atoms with van der Waals surface area (Å²) in [7, 11) is 0. The first-order chi connectivity index (χ1) is 12.0. The quantitative estimate of drug-likeness (QED) is 0.475. The summed E-state index contributed by atoms with van der Waals surface area (Å²) >= 11 is 0. The zero-order valence-corrected chi connectivity index (χ0v) is 14.3. The number of hydroxylamine groups is 1. The lowest BCUT2D eigenvalue weighted by Gasteiger charge is -2.20. The van der Waals surface area contributed by atoms with Gasteiger partial charge in [-0.15, -0.1) is 0 Å². The summed E-state index contributed by atoms with van der Waals surface area (Å²) in [6.45, 7) is 3.68. The first-order valence-electron chi connectivity index (χ1n) is 8.16. The predicted molar refractivity (Wildman–Crippen MR) is 96.1 cm³/mol. The Kier molecular flexibility index (Phi) is 6.27. The first-order valence-corrected chi connectivity index (χ1v) is 8.16.